The maximum Gasteiger partial charge on any atom is 2.00 e. The van der Waals surface area contributed by atoms with E-state index in [1.165, 1.54) is 5.56 Å². The number of carbonyl (C=O) groups is 1. The molecule has 2 nitrogen and oxygen atoms in total. The number of ether oxygens (including phenoxy) is 1. The van der Waals surface area contributed by atoms with E-state index in [2.05, 4.69) is 13.0 Å². The van der Waals surface area contributed by atoms with Crippen molar-refractivity contribution in [3.63, 3.8) is 0 Å². The molecular formula is C11H16MgO2. The number of hydrogen-bond acceptors (Lipinski definition) is 2. The summed E-state index contributed by atoms with van der Waals surface area (Å²) in [5.41, 5.74) is 2.36. The van der Waals surface area contributed by atoms with E-state index in [4.69, 9.17) is 4.74 Å². The van der Waals surface area contributed by atoms with E-state index in [-0.39, 0.29) is 25.9 Å². The molecule has 0 saturated carbocycles. The zero-order chi connectivity index (χ0) is 9.68. The fraction of sp³-hybridized carbons (Fsp3) is 0.364. The molecule has 1 rings (SSSR count). The SMILES string of the molecule is CCc1ccc(OC=O)c(CC)c1.[H-].[H-].[Mg+2]. The maximum atomic E-state index is 10.2. The summed E-state index contributed by atoms with van der Waals surface area (Å²) in [7, 11) is 0. The zero-order valence-electron chi connectivity index (χ0n) is 10.7. The Balaban J connectivity index is -0.000000563. The second-order valence-corrected chi connectivity index (χ2v) is 2.86. The molecule has 1 aromatic rings. The first kappa shape index (κ1) is 13.5. The Morgan fingerprint density at radius 1 is 1.36 bits per heavy atom. The van der Waals surface area contributed by atoms with Gasteiger partial charge in [-0.25, -0.2) is 0 Å². The third kappa shape index (κ3) is 3.31. The predicted octanol–water partition coefficient (Wildman–Crippen LogP) is 2.19. The number of carbonyl (C=O) groups excluding carboxylic acids is 1. The molecule has 0 heterocycles. The van der Waals surface area contributed by atoms with E-state index in [9.17, 15) is 4.79 Å². The standard InChI is InChI=1S/C11H14O2.Mg.2H/c1-3-9-5-6-11(13-8-12)10(4-2)7-9;;;/h5-8H,3-4H2,1-2H3;;;/q;+2;2*-1. The Labute approximate surface area is 104 Å². The van der Waals surface area contributed by atoms with Crippen molar-refractivity contribution in [2.24, 2.45) is 0 Å². The van der Waals surface area contributed by atoms with Gasteiger partial charge in [-0.1, -0.05) is 26.0 Å². The molecule has 3 heteroatoms. The molecule has 0 radical (unpaired) electrons. The molecule has 0 unspecified atom stereocenters. The molecule has 0 aromatic heterocycles. The smallest absolute Gasteiger partial charge is 1.00 e. The average molecular weight is 205 g/mol. The molecule has 74 valence electrons. The third-order valence-electron chi connectivity index (χ3n) is 2.09. The third-order valence-corrected chi connectivity index (χ3v) is 2.09. The maximum absolute atomic E-state index is 10.2. The van der Waals surface area contributed by atoms with Crippen molar-refractivity contribution < 1.29 is 12.4 Å². The minimum Gasteiger partial charge on any atom is -1.00 e. The van der Waals surface area contributed by atoms with Gasteiger partial charge in [-0.3, -0.25) is 4.79 Å². The summed E-state index contributed by atoms with van der Waals surface area (Å²) >= 11 is 0. The van der Waals surface area contributed by atoms with Crippen LogP contribution < -0.4 is 4.74 Å². The van der Waals surface area contributed by atoms with Crippen LogP contribution in [0, 0.1) is 0 Å². The van der Waals surface area contributed by atoms with Crippen molar-refractivity contribution in [2.45, 2.75) is 26.7 Å². The van der Waals surface area contributed by atoms with Gasteiger partial charge in [0.2, 0.25) is 0 Å². The minimum absolute atomic E-state index is 0. The van der Waals surface area contributed by atoms with E-state index in [1.54, 1.807) is 0 Å². The molecule has 0 bridgehead atoms. The van der Waals surface area contributed by atoms with Crippen LogP contribution in [0.4, 0.5) is 0 Å². The largest absolute Gasteiger partial charge is 2.00 e. The molecular weight excluding hydrogens is 188 g/mol. The van der Waals surface area contributed by atoms with Crippen molar-refractivity contribution in [3.05, 3.63) is 29.3 Å². The van der Waals surface area contributed by atoms with Gasteiger partial charge in [0.1, 0.15) is 5.75 Å². The summed E-state index contributed by atoms with van der Waals surface area (Å²) in [6, 6.07) is 5.92. The number of aryl methyl sites for hydroxylation is 2. The molecule has 0 aliphatic rings. The van der Waals surface area contributed by atoms with Crippen LogP contribution in [0.5, 0.6) is 5.75 Å². The molecule has 0 aliphatic heterocycles. The molecule has 0 saturated heterocycles. The Kier molecular flexibility index (Phi) is 6.58. The van der Waals surface area contributed by atoms with E-state index in [0.717, 1.165) is 18.4 Å². The Morgan fingerprint density at radius 3 is 2.57 bits per heavy atom. The topological polar surface area (TPSA) is 26.3 Å². The molecule has 0 atom stereocenters. The van der Waals surface area contributed by atoms with E-state index < -0.39 is 0 Å². The van der Waals surface area contributed by atoms with Crippen LogP contribution in [0.2, 0.25) is 0 Å². The summed E-state index contributed by atoms with van der Waals surface area (Å²) in [5, 5.41) is 0. The van der Waals surface area contributed by atoms with Crippen LogP contribution in [0.25, 0.3) is 0 Å². The number of rotatable bonds is 4. The number of hydrogen-bond donors (Lipinski definition) is 0. The molecule has 0 spiro atoms. The van der Waals surface area contributed by atoms with Crippen molar-refractivity contribution in [1.29, 1.82) is 0 Å². The first-order valence-corrected chi connectivity index (χ1v) is 4.53. The second kappa shape index (κ2) is 6.84. The molecule has 14 heavy (non-hydrogen) atoms. The van der Waals surface area contributed by atoms with Crippen molar-refractivity contribution >= 4 is 29.5 Å². The van der Waals surface area contributed by atoms with Crippen LogP contribution in [0.3, 0.4) is 0 Å². The second-order valence-electron chi connectivity index (χ2n) is 2.86. The van der Waals surface area contributed by atoms with Crippen molar-refractivity contribution in [3.8, 4) is 5.75 Å². The van der Waals surface area contributed by atoms with Gasteiger partial charge in [0.15, 0.2) is 0 Å². The van der Waals surface area contributed by atoms with Crippen LogP contribution in [0.15, 0.2) is 18.2 Å². The summed E-state index contributed by atoms with van der Waals surface area (Å²) in [4.78, 5) is 10.2. The van der Waals surface area contributed by atoms with E-state index in [1.807, 2.05) is 19.1 Å². The normalized spacial score (nSPS) is 9.00. The summed E-state index contributed by atoms with van der Waals surface area (Å²) in [5.74, 6) is 0.676. The van der Waals surface area contributed by atoms with Gasteiger partial charge in [-0.2, -0.15) is 0 Å². The quantitative estimate of drug-likeness (QED) is 0.555. The average Bonchev–Trinajstić information content (AvgIpc) is 2.19. The van der Waals surface area contributed by atoms with E-state index in [0.29, 0.717) is 12.2 Å². The Hall–Kier alpha value is -0.544. The van der Waals surface area contributed by atoms with Gasteiger partial charge in [-0.15, -0.1) is 0 Å². The van der Waals surface area contributed by atoms with Crippen molar-refractivity contribution in [2.75, 3.05) is 0 Å². The van der Waals surface area contributed by atoms with Gasteiger partial charge in [0.05, 0.1) is 0 Å². The number of benzene rings is 1. The van der Waals surface area contributed by atoms with Gasteiger partial charge < -0.3 is 7.59 Å². The fourth-order valence-electron chi connectivity index (χ4n) is 1.30. The first-order chi connectivity index (χ1) is 6.31. The summed E-state index contributed by atoms with van der Waals surface area (Å²) in [6.07, 6.45) is 1.89. The Bertz CT molecular complexity index is 306. The Morgan fingerprint density at radius 2 is 2.07 bits per heavy atom. The van der Waals surface area contributed by atoms with Gasteiger partial charge in [0, 0.05) is 0 Å². The first-order valence-electron chi connectivity index (χ1n) is 4.53. The molecule has 1 aromatic carbocycles. The van der Waals surface area contributed by atoms with Crippen LogP contribution in [-0.4, -0.2) is 29.5 Å². The van der Waals surface area contributed by atoms with Gasteiger partial charge in [0.25, 0.3) is 6.47 Å². The van der Waals surface area contributed by atoms with Gasteiger partial charge in [-0.05, 0) is 30.0 Å². The van der Waals surface area contributed by atoms with Crippen molar-refractivity contribution in [1.82, 2.24) is 0 Å². The molecule has 0 N–H and O–H groups in total. The predicted molar refractivity (Wildman–Crippen MR) is 59.9 cm³/mol. The molecule has 0 fully saturated rings. The fourth-order valence-corrected chi connectivity index (χ4v) is 1.30. The molecule has 0 amide bonds. The van der Waals surface area contributed by atoms with E-state index >= 15 is 0 Å². The summed E-state index contributed by atoms with van der Waals surface area (Å²) < 4.78 is 4.85. The van der Waals surface area contributed by atoms with Gasteiger partial charge >= 0.3 is 23.1 Å². The minimum atomic E-state index is 0. The van der Waals surface area contributed by atoms with Crippen LogP contribution in [0.1, 0.15) is 27.8 Å². The summed E-state index contributed by atoms with van der Waals surface area (Å²) in [6.45, 7) is 4.63. The molecule has 0 aliphatic carbocycles. The monoisotopic (exact) mass is 204 g/mol. The van der Waals surface area contributed by atoms with Crippen LogP contribution in [-0.2, 0) is 17.6 Å². The zero-order valence-corrected chi connectivity index (χ0v) is 10.2. The van der Waals surface area contributed by atoms with Crippen LogP contribution >= 0.6 is 0 Å².